The number of thiocarbonyl (C=S) groups is 1. The number of carboxylic acid groups (broad SMARTS) is 1. The van der Waals surface area contributed by atoms with Crippen LogP contribution < -0.4 is 10.3 Å². The van der Waals surface area contributed by atoms with Crippen molar-refractivity contribution in [1.82, 2.24) is 14.3 Å². The van der Waals surface area contributed by atoms with E-state index in [1.54, 1.807) is 24.4 Å². The van der Waals surface area contributed by atoms with E-state index in [-0.39, 0.29) is 20.7 Å². The predicted octanol–water partition coefficient (Wildman–Crippen LogP) is 3.39. The molecule has 0 spiro atoms. The number of fused-ring (bicyclic) bond motifs is 1. The molecule has 0 radical (unpaired) electrons. The fraction of sp³-hybridized carbons (Fsp3) is 0.136. The number of amides is 1. The van der Waals surface area contributed by atoms with Gasteiger partial charge in [0.1, 0.15) is 27.8 Å². The van der Waals surface area contributed by atoms with Crippen LogP contribution in [0.1, 0.15) is 16.7 Å². The van der Waals surface area contributed by atoms with Gasteiger partial charge in [-0.25, -0.2) is 0 Å². The summed E-state index contributed by atoms with van der Waals surface area (Å²) in [4.78, 5) is 42.8. The number of aromatic nitrogens is 2. The first-order valence-corrected chi connectivity index (χ1v) is 10.7. The molecule has 1 fully saturated rings. The minimum Gasteiger partial charge on any atom is -0.480 e. The Kier molecular flexibility index (Phi) is 5.81. The second-order valence-electron chi connectivity index (χ2n) is 7.10. The highest BCUT2D eigenvalue weighted by Gasteiger charge is 2.34. The van der Waals surface area contributed by atoms with Crippen LogP contribution in [0.4, 0.5) is 0 Å². The molecule has 1 aromatic carbocycles. The Morgan fingerprint density at radius 1 is 1.25 bits per heavy atom. The summed E-state index contributed by atoms with van der Waals surface area (Å²) in [5.41, 5.74) is 1.80. The maximum Gasteiger partial charge on any atom is 0.323 e. The van der Waals surface area contributed by atoms with E-state index in [2.05, 4.69) is 4.98 Å². The van der Waals surface area contributed by atoms with E-state index in [1.807, 2.05) is 32.0 Å². The standard InChI is InChI=1S/C22H17N3O5S2/c1-12-5-3-7-14(9-12)30-19-15(20(28)24-8-4-6-13(2)18(24)23-19)10-16-21(29)25(11-17(26)27)22(31)32-16/h3-10H,11H2,1-2H3,(H,26,27)/b16-10+. The molecule has 0 bridgehead atoms. The number of benzene rings is 1. The summed E-state index contributed by atoms with van der Waals surface area (Å²) in [5.74, 6) is -1.24. The summed E-state index contributed by atoms with van der Waals surface area (Å²) in [7, 11) is 0. The van der Waals surface area contributed by atoms with Crippen molar-refractivity contribution in [3.63, 3.8) is 0 Å². The molecule has 32 heavy (non-hydrogen) atoms. The van der Waals surface area contributed by atoms with Gasteiger partial charge in [-0.15, -0.1) is 0 Å². The second kappa shape index (κ2) is 8.56. The Balaban J connectivity index is 1.88. The molecule has 3 heterocycles. The number of carbonyl (C=O) groups is 2. The largest absolute Gasteiger partial charge is 0.480 e. The summed E-state index contributed by atoms with van der Waals surface area (Å²) < 4.78 is 7.45. The van der Waals surface area contributed by atoms with Gasteiger partial charge in [0.25, 0.3) is 11.5 Å². The normalized spacial score (nSPS) is 15.1. The van der Waals surface area contributed by atoms with Crippen LogP contribution in [-0.2, 0) is 9.59 Å². The molecule has 1 aliphatic rings. The maximum absolute atomic E-state index is 13.3. The molecule has 162 valence electrons. The molecule has 8 nitrogen and oxygen atoms in total. The third-order valence-electron chi connectivity index (χ3n) is 4.70. The number of hydrogen-bond acceptors (Lipinski definition) is 7. The van der Waals surface area contributed by atoms with Crippen molar-refractivity contribution in [3.8, 4) is 11.6 Å². The molecule has 1 amide bonds. The van der Waals surface area contributed by atoms with Gasteiger partial charge < -0.3 is 9.84 Å². The highest BCUT2D eigenvalue weighted by atomic mass is 32.2. The molecule has 3 aromatic rings. The highest BCUT2D eigenvalue weighted by molar-refractivity contribution is 8.26. The topological polar surface area (TPSA) is 101 Å². The van der Waals surface area contributed by atoms with E-state index >= 15 is 0 Å². The molecule has 0 aliphatic carbocycles. The van der Waals surface area contributed by atoms with Crippen LogP contribution in [0, 0.1) is 13.8 Å². The molecular weight excluding hydrogens is 450 g/mol. The minimum atomic E-state index is -1.19. The average molecular weight is 468 g/mol. The second-order valence-corrected chi connectivity index (χ2v) is 8.78. The third kappa shape index (κ3) is 4.14. The molecule has 0 unspecified atom stereocenters. The number of aliphatic carboxylic acids is 1. The van der Waals surface area contributed by atoms with Crippen molar-refractivity contribution in [3.05, 3.63) is 74.5 Å². The smallest absolute Gasteiger partial charge is 0.323 e. The Labute approximate surface area is 192 Å². The lowest BCUT2D eigenvalue weighted by atomic mass is 10.2. The quantitative estimate of drug-likeness (QED) is 0.450. The van der Waals surface area contributed by atoms with E-state index < -0.39 is 24.0 Å². The van der Waals surface area contributed by atoms with Crippen molar-refractivity contribution in [1.29, 1.82) is 0 Å². The first-order chi connectivity index (χ1) is 15.2. The summed E-state index contributed by atoms with van der Waals surface area (Å²) in [5, 5.41) is 9.04. The van der Waals surface area contributed by atoms with Gasteiger partial charge in [-0.3, -0.25) is 23.7 Å². The summed E-state index contributed by atoms with van der Waals surface area (Å²) in [6, 6.07) is 10.8. The zero-order chi connectivity index (χ0) is 23.0. The number of pyridine rings is 1. The number of aryl methyl sites for hydroxylation is 2. The van der Waals surface area contributed by atoms with Gasteiger partial charge in [-0.2, -0.15) is 4.98 Å². The number of ether oxygens (including phenoxy) is 1. The van der Waals surface area contributed by atoms with Gasteiger partial charge in [0.05, 0.1) is 4.91 Å². The van der Waals surface area contributed by atoms with E-state index in [4.69, 9.17) is 22.1 Å². The van der Waals surface area contributed by atoms with Gasteiger partial charge in [0, 0.05) is 6.20 Å². The number of rotatable bonds is 5. The van der Waals surface area contributed by atoms with Crippen molar-refractivity contribution >= 4 is 51.9 Å². The minimum absolute atomic E-state index is 0.0402. The van der Waals surface area contributed by atoms with Crippen LogP contribution in [0.15, 0.2) is 52.3 Å². The molecule has 1 N–H and O–H groups in total. The molecule has 1 aliphatic heterocycles. The van der Waals surface area contributed by atoms with Gasteiger partial charge in [-0.1, -0.05) is 42.2 Å². The van der Waals surface area contributed by atoms with Crippen molar-refractivity contribution in [2.75, 3.05) is 6.54 Å². The first kappa shape index (κ1) is 21.7. The Morgan fingerprint density at radius 3 is 2.75 bits per heavy atom. The monoisotopic (exact) mass is 467 g/mol. The summed E-state index contributed by atoms with van der Waals surface area (Å²) in [6.45, 7) is 3.19. The van der Waals surface area contributed by atoms with Crippen LogP contribution in [0.25, 0.3) is 11.7 Å². The zero-order valence-electron chi connectivity index (χ0n) is 17.1. The fourth-order valence-electron chi connectivity index (χ4n) is 3.19. The lowest BCUT2D eigenvalue weighted by molar-refractivity contribution is -0.140. The van der Waals surface area contributed by atoms with Crippen LogP contribution in [-0.4, -0.2) is 42.1 Å². The number of nitrogens with zero attached hydrogens (tertiary/aromatic N) is 3. The number of hydrogen-bond donors (Lipinski definition) is 1. The zero-order valence-corrected chi connectivity index (χ0v) is 18.7. The van der Waals surface area contributed by atoms with Crippen molar-refractivity contribution in [2.45, 2.75) is 13.8 Å². The van der Waals surface area contributed by atoms with Crippen molar-refractivity contribution in [2.24, 2.45) is 0 Å². The van der Waals surface area contributed by atoms with Crippen LogP contribution in [0.3, 0.4) is 0 Å². The number of thioether (sulfide) groups is 1. The van der Waals surface area contributed by atoms with Crippen molar-refractivity contribution < 1.29 is 19.4 Å². The SMILES string of the molecule is Cc1cccc(Oc2nc3c(C)cccn3c(=O)c2/C=C2/SC(=S)N(CC(=O)O)C2=O)c1. The maximum atomic E-state index is 13.3. The summed E-state index contributed by atoms with van der Waals surface area (Å²) >= 11 is 6.07. The first-order valence-electron chi connectivity index (χ1n) is 9.48. The molecule has 0 saturated carbocycles. The Morgan fingerprint density at radius 2 is 2.03 bits per heavy atom. The molecule has 0 atom stereocenters. The van der Waals surface area contributed by atoms with E-state index in [0.29, 0.717) is 11.4 Å². The van der Waals surface area contributed by atoms with Gasteiger partial charge in [0.15, 0.2) is 0 Å². The summed E-state index contributed by atoms with van der Waals surface area (Å²) in [6.07, 6.45) is 2.94. The lowest BCUT2D eigenvalue weighted by Crippen LogP contribution is -2.33. The highest BCUT2D eigenvalue weighted by Crippen LogP contribution is 2.34. The van der Waals surface area contributed by atoms with E-state index in [0.717, 1.165) is 27.8 Å². The van der Waals surface area contributed by atoms with Crippen LogP contribution in [0.2, 0.25) is 0 Å². The molecule has 10 heteroatoms. The van der Waals surface area contributed by atoms with E-state index in [9.17, 15) is 14.4 Å². The molecular formula is C22H17N3O5S2. The van der Waals surface area contributed by atoms with Gasteiger partial charge in [0.2, 0.25) is 5.88 Å². The molecule has 1 saturated heterocycles. The average Bonchev–Trinajstić information content (AvgIpc) is 2.99. The number of carbonyl (C=O) groups excluding carboxylic acids is 1. The van der Waals surface area contributed by atoms with Crippen LogP contribution >= 0.6 is 24.0 Å². The Hall–Kier alpha value is -3.50. The Bertz CT molecular complexity index is 1380. The molecule has 4 rings (SSSR count). The fourth-order valence-corrected chi connectivity index (χ4v) is 4.42. The van der Waals surface area contributed by atoms with E-state index in [1.165, 1.54) is 10.5 Å². The lowest BCUT2D eigenvalue weighted by Gasteiger charge is -2.12. The third-order valence-corrected chi connectivity index (χ3v) is 6.07. The van der Waals surface area contributed by atoms with Gasteiger partial charge >= 0.3 is 5.97 Å². The van der Waals surface area contributed by atoms with Gasteiger partial charge in [-0.05, 0) is 49.2 Å². The molecule has 2 aromatic heterocycles. The predicted molar refractivity (Wildman–Crippen MR) is 125 cm³/mol. The number of carboxylic acids is 1. The van der Waals surface area contributed by atoms with Crippen LogP contribution in [0.5, 0.6) is 11.6 Å².